The maximum absolute atomic E-state index is 13.1. The zero-order valence-corrected chi connectivity index (χ0v) is 16.1. The minimum atomic E-state index is 0.153. The highest BCUT2D eigenvalue weighted by atomic mass is 32.1. The van der Waals surface area contributed by atoms with Gasteiger partial charge in [-0.3, -0.25) is 9.69 Å². The Bertz CT molecular complexity index is 723. The van der Waals surface area contributed by atoms with Crippen molar-refractivity contribution in [2.75, 3.05) is 38.7 Å². The molecule has 0 N–H and O–H groups in total. The maximum atomic E-state index is 13.1. The average Bonchev–Trinajstić information content (AvgIpc) is 3.25. The summed E-state index contributed by atoms with van der Waals surface area (Å²) in [6.45, 7) is 4.08. The van der Waals surface area contributed by atoms with Gasteiger partial charge in [-0.15, -0.1) is 0 Å². The summed E-state index contributed by atoms with van der Waals surface area (Å²) in [5, 5.41) is 0.793. The molecule has 1 fully saturated rings. The van der Waals surface area contributed by atoms with Crippen LogP contribution < -0.4 is 9.64 Å². The van der Waals surface area contributed by atoms with E-state index in [1.807, 2.05) is 44.1 Å². The highest BCUT2D eigenvalue weighted by Gasteiger charge is 2.30. The SMILES string of the molecule is CCOc1cccc2sc(N(CCN(C)C)C(=O)C3CCCC3)nc12. The lowest BCUT2D eigenvalue weighted by molar-refractivity contribution is -0.122. The molecule has 0 bridgehead atoms. The van der Waals surface area contributed by atoms with Gasteiger partial charge in [0.15, 0.2) is 5.13 Å². The first kappa shape index (κ1) is 18.1. The zero-order valence-electron chi connectivity index (χ0n) is 15.3. The van der Waals surface area contributed by atoms with E-state index in [0.717, 1.165) is 53.3 Å². The monoisotopic (exact) mass is 361 g/mol. The number of para-hydroxylation sites is 1. The smallest absolute Gasteiger partial charge is 0.231 e. The Morgan fingerprint density at radius 3 is 2.72 bits per heavy atom. The Morgan fingerprint density at radius 1 is 1.28 bits per heavy atom. The summed E-state index contributed by atoms with van der Waals surface area (Å²) in [6, 6.07) is 5.97. The fourth-order valence-electron chi connectivity index (χ4n) is 3.29. The molecule has 0 radical (unpaired) electrons. The number of benzene rings is 1. The van der Waals surface area contributed by atoms with Crippen molar-refractivity contribution < 1.29 is 9.53 Å². The van der Waals surface area contributed by atoms with Crippen molar-refractivity contribution in [1.82, 2.24) is 9.88 Å². The molecule has 25 heavy (non-hydrogen) atoms. The number of carbonyl (C=O) groups is 1. The van der Waals surface area contributed by atoms with Crippen LogP contribution in [0.5, 0.6) is 5.75 Å². The van der Waals surface area contributed by atoms with Gasteiger partial charge in [-0.25, -0.2) is 4.98 Å². The van der Waals surface area contributed by atoms with E-state index in [1.165, 1.54) is 0 Å². The van der Waals surface area contributed by atoms with Crippen molar-refractivity contribution in [2.24, 2.45) is 5.92 Å². The molecular formula is C19H27N3O2S. The van der Waals surface area contributed by atoms with Crippen LogP contribution in [-0.2, 0) is 4.79 Å². The lowest BCUT2D eigenvalue weighted by Crippen LogP contribution is -2.39. The topological polar surface area (TPSA) is 45.7 Å². The fraction of sp³-hybridized carbons (Fsp3) is 0.579. The van der Waals surface area contributed by atoms with Crippen molar-refractivity contribution in [2.45, 2.75) is 32.6 Å². The van der Waals surface area contributed by atoms with Crippen molar-refractivity contribution in [3.8, 4) is 5.75 Å². The van der Waals surface area contributed by atoms with Gasteiger partial charge in [0.2, 0.25) is 5.91 Å². The number of hydrogen-bond donors (Lipinski definition) is 0. The molecule has 1 aliphatic carbocycles. The Labute approximate surface area is 153 Å². The molecule has 0 unspecified atom stereocenters. The number of nitrogens with zero attached hydrogens (tertiary/aromatic N) is 3. The highest BCUT2D eigenvalue weighted by Crippen LogP contribution is 2.36. The molecule has 0 saturated heterocycles. The Kier molecular flexibility index (Phi) is 5.91. The molecule has 0 aliphatic heterocycles. The summed E-state index contributed by atoms with van der Waals surface area (Å²) < 4.78 is 6.77. The lowest BCUT2D eigenvalue weighted by atomic mass is 10.1. The predicted molar refractivity (Wildman–Crippen MR) is 104 cm³/mol. The van der Waals surface area contributed by atoms with Crippen molar-refractivity contribution >= 4 is 32.6 Å². The van der Waals surface area contributed by atoms with Gasteiger partial charge in [-0.1, -0.05) is 30.2 Å². The summed E-state index contributed by atoms with van der Waals surface area (Å²) >= 11 is 1.58. The van der Waals surface area contributed by atoms with E-state index < -0.39 is 0 Å². The van der Waals surface area contributed by atoms with E-state index in [1.54, 1.807) is 11.3 Å². The lowest BCUT2D eigenvalue weighted by Gasteiger charge is -2.24. The molecule has 1 aliphatic rings. The number of amides is 1. The first-order valence-corrected chi connectivity index (χ1v) is 9.90. The molecular weight excluding hydrogens is 334 g/mol. The number of hydrogen-bond acceptors (Lipinski definition) is 5. The number of likely N-dealkylation sites (N-methyl/N-ethyl adjacent to an activating group) is 1. The van der Waals surface area contributed by atoms with Gasteiger partial charge in [-0.2, -0.15) is 0 Å². The Morgan fingerprint density at radius 2 is 2.04 bits per heavy atom. The van der Waals surface area contributed by atoms with Gasteiger partial charge in [0.25, 0.3) is 0 Å². The quantitative estimate of drug-likeness (QED) is 0.753. The van der Waals surface area contributed by atoms with Crippen molar-refractivity contribution in [3.05, 3.63) is 18.2 Å². The molecule has 0 atom stereocenters. The molecule has 1 saturated carbocycles. The first-order valence-electron chi connectivity index (χ1n) is 9.08. The zero-order chi connectivity index (χ0) is 17.8. The molecule has 1 heterocycles. The van der Waals surface area contributed by atoms with Crippen LogP contribution in [0, 0.1) is 5.92 Å². The van der Waals surface area contributed by atoms with E-state index in [9.17, 15) is 4.79 Å². The van der Waals surface area contributed by atoms with Crippen LogP contribution in [0.25, 0.3) is 10.2 Å². The number of thiazole rings is 1. The molecule has 136 valence electrons. The van der Waals surface area contributed by atoms with E-state index in [2.05, 4.69) is 4.90 Å². The number of rotatable bonds is 7. The molecule has 3 rings (SSSR count). The second-order valence-corrected chi connectivity index (χ2v) is 7.82. The largest absolute Gasteiger partial charge is 0.492 e. The van der Waals surface area contributed by atoms with Gasteiger partial charge in [0.05, 0.1) is 11.3 Å². The number of fused-ring (bicyclic) bond motifs is 1. The summed E-state index contributed by atoms with van der Waals surface area (Å²) in [4.78, 5) is 21.9. The Hall–Kier alpha value is -1.66. The highest BCUT2D eigenvalue weighted by molar-refractivity contribution is 7.22. The first-order chi connectivity index (χ1) is 12.1. The number of anilines is 1. The second-order valence-electron chi connectivity index (χ2n) is 6.81. The van der Waals surface area contributed by atoms with E-state index in [0.29, 0.717) is 13.2 Å². The van der Waals surface area contributed by atoms with E-state index >= 15 is 0 Å². The number of carbonyl (C=O) groups excluding carboxylic acids is 1. The second kappa shape index (κ2) is 8.15. The number of aromatic nitrogens is 1. The minimum absolute atomic E-state index is 0.153. The van der Waals surface area contributed by atoms with Gasteiger partial charge in [0, 0.05) is 19.0 Å². The number of ether oxygens (including phenoxy) is 1. The normalized spacial score (nSPS) is 15.2. The molecule has 1 amide bonds. The summed E-state index contributed by atoms with van der Waals surface area (Å²) in [5.41, 5.74) is 0.860. The van der Waals surface area contributed by atoms with Crippen LogP contribution in [0.1, 0.15) is 32.6 Å². The maximum Gasteiger partial charge on any atom is 0.231 e. The van der Waals surface area contributed by atoms with Crippen molar-refractivity contribution in [1.29, 1.82) is 0 Å². The average molecular weight is 362 g/mol. The summed E-state index contributed by atoms with van der Waals surface area (Å²) in [6.07, 6.45) is 4.33. The van der Waals surface area contributed by atoms with Crippen LogP contribution in [0.15, 0.2) is 18.2 Å². The Balaban J connectivity index is 1.92. The third-order valence-electron chi connectivity index (χ3n) is 4.64. The molecule has 6 heteroatoms. The van der Waals surface area contributed by atoms with Gasteiger partial charge < -0.3 is 9.64 Å². The van der Waals surface area contributed by atoms with Crippen LogP contribution in [-0.4, -0.2) is 49.6 Å². The van der Waals surface area contributed by atoms with Crippen LogP contribution in [0.2, 0.25) is 0 Å². The van der Waals surface area contributed by atoms with Gasteiger partial charge in [-0.05, 0) is 46.0 Å². The van der Waals surface area contributed by atoms with Crippen molar-refractivity contribution in [3.63, 3.8) is 0 Å². The molecule has 1 aromatic heterocycles. The standard InChI is InChI=1S/C19H27N3O2S/c1-4-24-15-10-7-11-16-17(15)20-19(25-16)22(13-12-21(2)3)18(23)14-8-5-6-9-14/h7,10-11,14H,4-6,8-9,12-13H2,1-3H3. The van der Waals surface area contributed by atoms with Crippen LogP contribution >= 0.6 is 11.3 Å². The van der Waals surface area contributed by atoms with Crippen LogP contribution in [0.3, 0.4) is 0 Å². The summed E-state index contributed by atoms with van der Waals surface area (Å²) in [5.74, 6) is 1.18. The molecule has 2 aromatic rings. The fourth-order valence-corrected chi connectivity index (χ4v) is 4.31. The van der Waals surface area contributed by atoms with Crippen LogP contribution in [0.4, 0.5) is 5.13 Å². The van der Waals surface area contributed by atoms with E-state index in [-0.39, 0.29) is 11.8 Å². The third-order valence-corrected chi connectivity index (χ3v) is 5.69. The molecule has 1 aromatic carbocycles. The van der Waals surface area contributed by atoms with E-state index in [4.69, 9.17) is 9.72 Å². The predicted octanol–water partition coefficient (Wildman–Crippen LogP) is 3.78. The van der Waals surface area contributed by atoms with Gasteiger partial charge in [0.1, 0.15) is 11.3 Å². The third kappa shape index (κ3) is 4.12. The molecule has 0 spiro atoms. The van der Waals surface area contributed by atoms with Gasteiger partial charge >= 0.3 is 0 Å². The summed E-state index contributed by atoms with van der Waals surface area (Å²) in [7, 11) is 4.06. The minimum Gasteiger partial charge on any atom is -0.492 e. The molecule has 5 nitrogen and oxygen atoms in total.